The molecule has 0 fully saturated rings. The minimum Gasteiger partial charge on any atom is -0.394 e. The highest BCUT2D eigenvalue weighted by Gasteiger charge is 2.13. The Kier molecular flexibility index (Phi) is 5.78. The molecule has 0 spiro atoms. The zero-order valence-corrected chi connectivity index (χ0v) is 13.4. The predicted octanol–water partition coefficient (Wildman–Crippen LogP) is 0.432. The van der Waals surface area contributed by atoms with E-state index in [4.69, 9.17) is 5.11 Å². The molecule has 7 nitrogen and oxygen atoms in total. The van der Waals surface area contributed by atoms with Crippen LogP contribution >= 0.6 is 0 Å². The Labute approximate surface area is 138 Å². The number of carbonyl (C=O) groups excluding carboxylic acids is 1. The quantitative estimate of drug-likeness (QED) is 0.709. The number of rotatable bonds is 6. The Hall–Kier alpha value is -2.58. The van der Waals surface area contributed by atoms with Gasteiger partial charge in [-0.05, 0) is 12.1 Å². The molecule has 24 heavy (non-hydrogen) atoms. The van der Waals surface area contributed by atoms with Gasteiger partial charge in [-0.3, -0.25) is 4.79 Å². The second kappa shape index (κ2) is 7.80. The van der Waals surface area contributed by atoms with Crippen molar-refractivity contribution < 1.29 is 19.4 Å². The fourth-order valence-corrected chi connectivity index (χ4v) is 1.99. The molecular weight excluding hydrogens is 315 g/mol. The molecule has 0 aliphatic carbocycles. The highest BCUT2D eigenvalue weighted by atomic mass is 19.1. The lowest BCUT2D eigenvalue weighted by atomic mass is 10.1. The summed E-state index contributed by atoms with van der Waals surface area (Å²) in [6, 6.07) is 6.55. The molecule has 0 bridgehead atoms. The topological polar surface area (TPSA) is 98.6 Å². The van der Waals surface area contributed by atoms with Crippen LogP contribution in [0, 0.1) is 5.82 Å². The number of aromatic nitrogens is 2. The van der Waals surface area contributed by atoms with E-state index in [0.717, 1.165) is 6.20 Å². The predicted molar refractivity (Wildman–Crippen MR) is 87.2 cm³/mol. The molecule has 1 heterocycles. The lowest BCUT2D eigenvalue weighted by molar-refractivity contribution is 0.0802. The van der Waals surface area contributed by atoms with Crippen LogP contribution in [0.3, 0.4) is 0 Å². The summed E-state index contributed by atoms with van der Waals surface area (Å²) in [6.45, 7) is -0.492. The van der Waals surface area contributed by atoms with E-state index in [1.54, 1.807) is 38.4 Å². The maximum Gasteiger partial charge on any atom is 0.251 e. The molecule has 128 valence electrons. The number of carbonyl (C=O) groups is 1. The summed E-state index contributed by atoms with van der Waals surface area (Å²) in [5.41, 5.74) is 0.908. The van der Waals surface area contributed by atoms with Crippen molar-refractivity contribution in [1.82, 2.24) is 15.3 Å². The van der Waals surface area contributed by atoms with Crippen molar-refractivity contribution in [2.75, 3.05) is 32.1 Å². The normalized spacial score (nSPS) is 11.9. The Morgan fingerprint density at radius 3 is 2.83 bits per heavy atom. The molecule has 0 aliphatic heterocycles. The Morgan fingerprint density at radius 2 is 2.17 bits per heavy atom. The number of halogens is 1. The molecule has 1 atom stereocenters. The van der Waals surface area contributed by atoms with Crippen LogP contribution in [-0.2, 0) is 0 Å². The van der Waals surface area contributed by atoms with Gasteiger partial charge < -0.3 is 20.4 Å². The average Bonchev–Trinajstić information content (AvgIpc) is 2.59. The first-order valence-corrected chi connectivity index (χ1v) is 7.29. The second-order valence-electron chi connectivity index (χ2n) is 5.39. The SMILES string of the molecule is CN(C)c1nc(-c2cccc(C(=O)NCC(O)CO)c2)ncc1F. The molecule has 3 N–H and O–H groups in total. The fourth-order valence-electron chi connectivity index (χ4n) is 1.99. The van der Waals surface area contributed by atoms with Gasteiger partial charge in [0.05, 0.1) is 18.9 Å². The molecular formula is C16H19FN4O3. The first-order valence-electron chi connectivity index (χ1n) is 7.29. The summed E-state index contributed by atoms with van der Waals surface area (Å²) in [7, 11) is 3.34. The number of aliphatic hydroxyl groups excluding tert-OH is 2. The van der Waals surface area contributed by atoms with Crippen molar-refractivity contribution in [1.29, 1.82) is 0 Å². The van der Waals surface area contributed by atoms with Gasteiger partial charge in [0.2, 0.25) is 0 Å². The molecule has 0 saturated carbocycles. The van der Waals surface area contributed by atoms with E-state index in [0.29, 0.717) is 17.0 Å². The average molecular weight is 334 g/mol. The van der Waals surface area contributed by atoms with E-state index in [1.807, 2.05) is 0 Å². The minimum absolute atomic E-state index is 0.0581. The fraction of sp³-hybridized carbons (Fsp3) is 0.312. The van der Waals surface area contributed by atoms with Crippen molar-refractivity contribution >= 4 is 11.7 Å². The van der Waals surface area contributed by atoms with Crippen LogP contribution in [0.4, 0.5) is 10.2 Å². The Balaban J connectivity index is 2.24. The van der Waals surface area contributed by atoms with Gasteiger partial charge in [0.1, 0.15) is 0 Å². The van der Waals surface area contributed by atoms with Crippen molar-refractivity contribution in [3.63, 3.8) is 0 Å². The van der Waals surface area contributed by atoms with Crippen LogP contribution in [-0.4, -0.2) is 59.4 Å². The number of nitrogens with zero attached hydrogens (tertiary/aromatic N) is 3. The number of amides is 1. The Morgan fingerprint density at radius 1 is 1.42 bits per heavy atom. The van der Waals surface area contributed by atoms with Crippen molar-refractivity contribution in [2.45, 2.75) is 6.10 Å². The van der Waals surface area contributed by atoms with E-state index in [9.17, 15) is 14.3 Å². The first kappa shape index (κ1) is 17.8. The zero-order valence-electron chi connectivity index (χ0n) is 13.4. The zero-order chi connectivity index (χ0) is 17.7. The lowest BCUT2D eigenvalue weighted by Gasteiger charge is -2.13. The van der Waals surface area contributed by atoms with Crippen LogP contribution in [0.15, 0.2) is 30.5 Å². The largest absolute Gasteiger partial charge is 0.394 e. The van der Waals surface area contributed by atoms with Crippen molar-refractivity contribution in [3.8, 4) is 11.4 Å². The van der Waals surface area contributed by atoms with Crippen molar-refractivity contribution in [3.05, 3.63) is 41.8 Å². The monoisotopic (exact) mass is 334 g/mol. The number of hydrogen-bond acceptors (Lipinski definition) is 6. The molecule has 1 aromatic carbocycles. The summed E-state index contributed by atoms with van der Waals surface area (Å²) >= 11 is 0. The van der Waals surface area contributed by atoms with Crippen LogP contribution < -0.4 is 10.2 Å². The van der Waals surface area contributed by atoms with Crippen molar-refractivity contribution in [2.24, 2.45) is 0 Å². The van der Waals surface area contributed by atoms with E-state index < -0.39 is 24.4 Å². The number of nitrogens with one attached hydrogen (secondary N) is 1. The Bertz CT molecular complexity index is 724. The number of aliphatic hydroxyl groups is 2. The van der Waals surface area contributed by atoms with E-state index in [2.05, 4.69) is 15.3 Å². The summed E-state index contributed by atoms with van der Waals surface area (Å²) < 4.78 is 13.7. The summed E-state index contributed by atoms with van der Waals surface area (Å²) in [4.78, 5) is 21.7. The maximum atomic E-state index is 13.7. The van der Waals surface area contributed by atoms with E-state index >= 15 is 0 Å². The molecule has 1 aromatic heterocycles. The van der Waals surface area contributed by atoms with E-state index in [1.165, 1.54) is 4.90 Å². The number of hydrogen-bond donors (Lipinski definition) is 3. The third-order valence-electron chi connectivity index (χ3n) is 3.24. The molecule has 0 aliphatic rings. The van der Waals surface area contributed by atoms with Gasteiger partial charge in [-0.15, -0.1) is 0 Å². The molecule has 0 saturated heterocycles. The maximum absolute atomic E-state index is 13.7. The standard InChI is InChI=1S/C16H19FN4O3/c1-21(2)15-13(17)8-18-14(20-15)10-4-3-5-11(6-10)16(24)19-7-12(23)9-22/h3-6,8,12,22-23H,7,9H2,1-2H3,(H,19,24). The third-order valence-corrected chi connectivity index (χ3v) is 3.24. The van der Waals surface area contributed by atoms with Crippen LogP contribution in [0.1, 0.15) is 10.4 Å². The lowest BCUT2D eigenvalue weighted by Crippen LogP contribution is -2.33. The molecule has 2 rings (SSSR count). The van der Waals surface area contributed by atoms with Gasteiger partial charge >= 0.3 is 0 Å². The highest BCUT2D eigenvalue weighted by molar-refractivity contribution is 5.95. The van der Waals surface area contributed by atoms with Gasteiger partial charge in [0, 0.05) is 31.8 Å². The van der Waals surface area contributed by atoms with Gasteiger partial charge in [-0.1, -0.05) is 12.1 Å². The molecule has 0 radical (unpaired) electrons. The second-order valence-corrected chi connectivity index (χ2v) is 5.39. The van der Waals surface area contributed by atoms with Crippen LogP contribution in [0.2, 0.25) is 0 Å². The highest BCUT2D eigenvalue weighted by Crippen LogP contribution is 2.20. The summed E-state index contributed by atoms with van der Waals surface area (Å²) in [5, 5.41) is 20.5. The van der Waals surface area contributed by atoms with Crippen LogP contribution in [0.5, 0.6) is 0 Å². The van der Waals surface area contributed by atoms with Gasteiger partial charge in [-0.25, -0.2) is 14.4 Å². The first-order chi connectivity index (χ1) is 11.4. The summed E-state index contributed by atoms with van der Waals surface area (Å²) in [6.07, 6.45) is 0.0716. The molecule has 1 unspecified atom stereocenters. The van der Waals surface area contributed by atoms with Gasteiger partial charge in [0.25, 0.3) is 5.91 Å². The number of benzene rings is 1. The van der Waals surface area contributed by atoms with E-state index in [-0.39, 0.29) is 12.4 Å². The third kappa shape index (κ3) is 4.24. The smallest absolute Gasteiger partial charge is 0.251 e. The molecule has 2 aromatic rings. The molecule has 1 amide bonds. The molecule has 8 heteroatoms. The van der Waals surface area contributed by atoms with Gasteiger partial charge in [0.15, 0.2) is 17.5 Å². The van der Waals surface area contributed by atoms with Gasteiger partial charge in [-0.2, -0.15) is 0 Å². The van der Waals surface area contributed by atoms with Crippen LogP contribution in [0.25, 0.3) is 11.4 Å². The minimum atomic E-state index is -1.01. The summed E-state index contributed by atoms with van der Waals surface area (Å²) in [5.74, 6) is -0.485. The number of anilines is 1.